The van der Waals surface area contributed by atoms with Crippen LogP contribution in [0.3, 0.4) is 0 Å². The van der Waals surface area contributed by atoms with Crippen molar-refractivity contribution in [3.8, 4) is 0 Å². The van der Waals surface area contributed by atoms with E-state index >= 15 is 0 Å². The van der Waals surface area contributed by atoms with Crippen molar-refractivity contribution in [1.29, 1.82) is 0 Å². The van der Waals surface area contributed by atoms with Crippen molar-refractivity contribution in [2.75, 3.05) is 0 Å². The van der Waals surface area contributed by atoms with E-state index in [0.717, 1.165) is 11.3 Å². The molecule has 0 saturated heterocycles. The molecule has 130 valence electrons. The Hall–Kier alpha value is -2.41. The molecule has 1 aromatic heterocycles. The van der Waals surface area contributed by atoms with Crippen molar-refractivity contribution < 1.29 is 18.8 Å². The topological polar surface area (TPSA) is 87.4 Å². The van der Waals surface area contributed by atoms with Gasteiger partial charge in [0.15, 0.2) is 0 Å². The number of nitrogens with one attached hydrogen (secondary N) is 2. The van der Waals surface area contributed by atoms with Gasteiger partial charge in [-0.3, -0.25) is 0 Å². The summed E-state index contributed by atoms with van der Waals surface area (Å²) in [6, 6.07) is 3.84. The number of amides is 2. The monoisotopic (exact) mass is 335 g/mol. The van der Waals surface area contributed by atoms with Crippen molar-refractivity contribution in [1.82, 2.24) is 15.8 Å². The van der Waals surface area contributed by atoms with Crippen LogP contribution in [0.5, 0.6) is 0 Å². The van der Waals surface area contributed by atoms with Gasteiger partial charge >= 0.3 is 6.03 Å². The zero-order chi connectivity index (χ0) is 17.7. The SMILES string of the molecule is CCC(NC(=O)NCc1ccc(F)c(CO)c1)c1c(C)noc1C. The summed E-state index contributed by atoms with van der Waals surface area (Å²) in [6.45, 7) is 5.47. The summed E-state index contributed by atoms with van der Waals surface area (Å²) < 4.78 is 18.5. The first-order chi connectivity index (χ1) is 11.5. The van der Waals surface area contributed by atoms with E-state index in [1.165, 1.54) is 12.1 Å². The molecule has 1 heterocycles. The molecule has 6 nitrogen and oxygen atoms in total. The lowest BCUT2D eigenvalue weighted by molar-refractivity contribution is 0.236. The van der Waals surface area contributed by atoms with Gasteiger partial charge in [-0.15, -0.1) is 0 Å². The Kier molecular flexibility index (Phi) is 5.92. The van der Waals surface area contributed by atoms with Crippen molar-refractivity contribution in [3.05, 3.63) is 52.2 Å². The van der Waals surface area contributed by atoms with Crippen LogP contribution in [0.4, 0.5) is 9.18 Å². The molecule has 0 aliphatic heterocycles. The molecular weight excluding hydrogens is 313 g/mol. The van der Waals surface area contributed by atoms with Crippen LogP contribution in [0.1, 0.15) is 47.5 Å². The first-order valence-electron chi connectivity index (χ1n) is 7.81. The van der Waals surface area contributed by atoms with Gasteiger partial charge in [-0.2, -0.15) is 0 Å². The average molecular weight is 335 g/mol. The normalized spacial score (nSPS) is 12.0. The lowest BCUT2D eigenvalue weighted by atomic mass is 10.0. The number of carbonyl (C=O) groups is 1. The quantitative estimate of drug-likeness (QED) is 0.757. The first kappa shape index (κ1) is 17.9. The van der Waals surface area contributed by atoms with Crippen molar-refractivity contribution >= 4 is 6.03 Å². The molecule has 1 unspecified atom stereocenters. The Labute approximate surface area is 140 Å². The predicted molar refractivity (Wildman–Crippen MR) is 86.7 cm³/mol. The molecule has 1 atom stereocenters. The summed E-state index contributed by atoms with van der Waals surface area (Å²) in [7, 11) is 0. The molecule has 0 bridgehead atoms. The van der Waals surface area contributed by atoms with Gasteiger partial charge in [-0.05, 0) is 38.0 Å². The lowest BCUT2D eigenvalue weighted by Crippen LogP contribution is -2.37. The number of nitrogens with zero attached hydrogens (tertiary/aromatic N) is 1. The number of urea groups is 1. The zero-order valence-corrected chi connectivity index (χ0v) is 14.0. The van der Waals surface area contributed by atoms with Gasteiger partial charge in [0.1, 0.15) is 11.6 Å². The van der Waals surface area contributed by atoms with Crippen LogP contribution in [-0.2, 0) is 13.2 Å². The molecular formula is C17H22FN3O3. The van der Waals surface area contributed by atoms with Crippen molar-refractivity contribution in [2.45, 2.75) is 46.4 Å². The fourth-order valence-electron chi connectivity index (χ4n) is 2.62. The number of aryl methyl sites for hydroxylation is 2. The Morgan fingerprint density at radius 3 is 2.75 bits per heavy atom. The smallest absolute Gasteiger partial charge is 0.315 e. The third-order valence-electron chi connectivity index (χ3n) is 3.88. The molecule has 2 rings (SSSR count). The molecule has 0 aliphatic rings. The molecule has 7 heteroatoms. The van der Waals surface area contributed by atoms with Crippen LogP contribution in [0.25, 0.3) is 0 Å². The summed E-state index contributed by atoms with van der Waals surface area (Å²) in [4.78, 5) is 12.1. The molecule has 0 fully saturated rings. The minimum atomic E-state index is -0.463. The highest BCUT2D eigenvalue weighted by atomic mass is 19.1. The van der Waals surface area contributed by atoms with E-state index in [1.807, 2.05) is 20.8 Å². The molecule has 0 spiro atoms. The summed E-state index contributed by atoms with van der Waals surface area (Å²) in [5.74, 6) is 0.223. The van der Waals surface area contributed by atoms with E-state index in [9.17, 15) is 9.18 Å². The number of aromatic nitrogens is 1. The van der Waals surface area contributed by atoms with E-state index in [1.54, 1.807) is 6.07 Å². The van der Waals surface area contributed by atoms with Gasteiger partial charge in [-0.1, -0.05) is 18.1 Å². The molecule has 0 aliphatic carbocycles. The third-order valence-corrected chi connectivity index (χ3v) is 3.88. The number of carbonyl (C=O) groups excluding carboxylic acids is 1. The number of aliphatic hydroxyl groups excluding tert-OH is 1. The Balaban J connectivity index is 1.97. The maximum absolute atomic E-state index is 13.3. The van der Waals surface area contributed by atoms with Crippen LogP contribution in [0, 0.1) is 19.7 Å². The summed E-state index contributed by atoms with van der Waals surface area (Å²) in [5, 5.41) is 18.6. The highest BCUT2D eigenvalue weighted by Crippen LogP contribution is 2.23. The second kappa shape index (κ2) is 7.92. The average Bonchev–Trinajstić information content (AvgIpc) is 2.90. The van der Waals surface area contributed by atoms with Gasteiger partial charge in [0.25, 0.3) is 0 Å². The van der Waals surface area contributed by atoms with E-state index in [2.05, 4.69) is 15.8 Å². The molecule has 0 saturated carbocycles. The van der Waals surface area contributed by atoms with E-state index < -0.39 is 5.82 Å². The third kappa shape index (κ3) is 4.11. The minimum Gasteiger partial charge on any atom is -0.392 e. The van der Waals surface area contributed by atoms with Crippen LogP contribution >= 0.6 is 0 Å². The van der Waals surface area contributed by atoms with Crippen LogP contribution in [-0.4, -0.2) is 16.3 Å². The van der Waals surface area contributed by atoms with Gasteiger partial charge < -0.3 is 20.3 Å². The lowest BCUT2D eigenvalue weighted by Gasteiger charge is -2.17. The minimum absolute atomic E-state index is 0.197. The number of rotatable bonds is 6. The predicted octanol–water partition coefficient (Wildman–Crippen LogP) is 2.87. The highest BCUT2D eigenvalue weighted by molar-refractivity contribution is 5.74. The van der Waals surface area contributed by atoms with E-state index in [-0.39, 0.29) is 30.8 Å². The van der Waals surface area contributed by atoms with Crippen LogP contribution in [0.15, 0.2) is 22.7 Å². The maximum atomic E-state index is 13.3. The Bertz CT molecular complexity index is 696. The maximum Gasteiger partial charge on any atom is 0.315 e. The number of halogens is 1. The molecule has 24 heavy (non-hydrogen) atoms. The van der Waals surface area contributed by atoms with Gasteiger partial charge in [0.2, 0.25) is 0 Å². The molecule has 2 amide bonds. The molecule has 2 aromatic rings. The van der Waals surface area contributed by atoms with Crippen LogP contribution < -0.4 is 10.6 Å². The molecule has 1 aromatic carbocycles. The second-order valence-corrected chi connectivity index (χ2v) is 5.61. The number of hydrogen-bond donors (Lipinski definition) is 3. The van der Waals surface area contributed by atoms with Crippen molar-refractivity contribution in [3.63, 3.8) is 0 Å². The van der Waals surface area contributed by atoms with Gasteiger partial charge in [0.05, 0.1) is 18.3 Å². The fraction of sp³-hybridized carbons (Fsp3) is 0.412. The Morgan fingerprint density at radius 2 is 2.17 bits per heavy atom. The van der Waals surface area contributed by atoms with E-state index in [0.29, 0.717) is 17.7 Å². The molecule has 0 radical (unpaired) electrons. The summed E-state index contributed by atoms with van der Waals surface area (Å²) in [6.07, 6.45) is 0.696. The van der Waals surface area contributed by atoms with Gasteiger partial charge in [-0.25, -0.2) is 9.18 Å². The fourth-order valence-corrected chi connectivity index (χ4v) is 2.62. The largest absolute Gasteiger partial charge is 0.392 e. The zero-order valence-electron chi connectivity index (χ0n) is 14.0. The molecule has 3 N–H and O–H groups in total. The standard InChI is InChI=1S/C17H22FN3O3/c1-4-15(16-10(2)21-24-11(16)3)20-17(23)19-8-12-5-6-14(18)13(7-12)9-22/h5-7,15,22H,4,8-9H2,1-3H3,(H2,19,20,23). The van der Waals surface area contributed by atoms with E-state index in [4.69, 9.17) is 9.63 Å². The summed E-state index contributed by atoms with van der Waals surface area (Å²) >= 11 is 0. The Morgan fingerprint density at radius 1 is 1.42 bits per heavy atom. The number of aliphatic hydroxyl groups is 1. The van der Waals surface area contributed by atoms with Crippen molar-refractivity contribution in [2.24, 2.45) is 0 Å². The van der Waals surface area contributed by atoms with Gasteiger partial charge in [0, 0.05) is 17.7 Å². The summed E-state index contributed by atoms with van der Waals surface area (Å²) in [5.41, 5.74) is 2.56. The number of hydrogen-bond acceptors (Lipinski definition) is 4. The number of benzene rings is 1. The highest BCUT2D eigenvalue weighted by Gasteiger charge is 2.20. The second-order valence-electron chi connectivity index (χ2n) is 5.61. The van der Waals surface area contributed by atoms with Crippen LogP contribution in [0.2, 0.25) is 0 Å². The first-order valence-corrected chi connectivity index (χ1v) is 7.81.